The Labute approximate surface area is 123 Å². The average molecular weight is 286 g/mol. The summed E-state index contributed by atoms with van der Waals surface area (Å²) < 4.78 is 5.78. The minimum Gasteiger partial charge on any atom is -0.477 e. The maximum Gasteiger partial charge on any atom is 0.262 e. The van der Waals surface area contributed by atoms with Gasteiger partial charge in [-0.2, -0.15) is 0 Å². The van der Waals surface area contributed by atoms with Crippen molar-refractivity contribution in [1.82, 2.24) is 15.3 Å². The molecule has 3 rings (SSSR count). The van der Waals surface area contributed by atoms with Crippen molar-refractivity contribution in [1.29, 1.82) is 0 Å². The first-order chi connectivity index (χ1) is 10.2. The summed E-state index contributed by atoms with van der Waals surface area (Å²) in [6, 6.07) is 7.74. The molecule has 0 bridgehead atoms. The Bertz CT molecular complexity index is 612. The molecule has 1 aliphatic heterocycles. The third kappa shape index (κ3) is 2.99. The van der Waals surface area contributed by atoms with Crippen LogP contribution in [0.25, 0.3) is 0 Å². The number of ether oxygens (including phenoxy) is 1. The molecular weight excluding hydrogens is 268 g/mol. The number of hydrogen-bond donors (Lipinski definition) is 2. The summed E-state index contributed by atoms with van der Waals surface area (Å²) in [4.78, 5) is 21.2. The van der Waals surface area contributed by atoms with Crippen molar-refractivity contribution in [2.24, 2.45) is 0 Å². The highest BCUT2D eigenvalue weighted by molar-refractivity contribution is 5.83. The normalized spacial score (nSPS) is 17.0. The zero-order valence-corrected chi connectivity index (χ0v) is 11.9. The lowest BCUT2D eigenvalue weighted by atomic mass is 10.2. The molecule has 1 aliphatic rings. The number of H-pyrrole nitrogens is 1. The zero-order valence-electron chi connectivity index (χ0n) is 11.9. The van der Waals surface area contributed by atoms with Gasteiger partial charge in [-0.1, -0.05) is 12.1 Å². The topological polar surface area (TPSA) is 70.2 Å². The fourth-order valence-corrected chi connectivity index (χ4v) is 2.40. The van der Waals surface area contributed by atoms with Crippen molar-refractivity contribution < 1.29 is 9.53 Å². The van der Waals surface area contributed by atoms with Crippen molar-refractivity contribution in [2.75, 3.05) is 25.0 Å². The van der Waals surface area contributed by atoms with Gasteiger partial charge in [0.05, 0.1) is 18.6 Å². The molecule has 110 valence electrons. The lowest BCUT2D eigenvalue weighted by Gasteiger charge is -2.32. The number of carbonyl (C=O) groups excluding carboxylic acids is 1. The highest BCUT2D eigenvalue weighted by Crippen LogP contribution is 2.31. The Morgan fingerprint density at radius 1 is 1.52 bits per heavy atom. The number of likely N-dealkylation sites (N-methyl/N-ethyl adjacent to an activating group) is 1. The number of aromatic nitrogens is 2. The number of nitrogens with one attached hydrogen (secondary N) is 2. The van der Waals surface area contributed by atoms with Crippen molar-refractivity contribution in [2.45, 2.75) is 12.5 Å². The number of amides is 1. The van der Waals surface area contributed by atoms with E-state index in [0.29, 0.717) is 13.1 Å². The van der Waals surface area contributed by atoms with Crippen molar-refractivity contribution in [3.63, 3.8) is 0 Å². The summed E-state index contributed by atoms with van der Waals surface area (Å²) in [7, 11) is 1.96. The highest BCUT2D eigenvalue weighted by atomic mass is 16.5. The Morgan fingerprint density at radius 2 is 2.38 bits per heavy atom. The van der Waals surface area contributed by atoms with Crippen molar-refractivity contribution in [3.05, 3.63) is 42.5 Å². The van der Waals surface area contributed by atoms with Crippen LogP contribution in [0.3, 0.4) is 0 Å². The minimum atomic E-state index is -0.480. The van der Waals surface area contributed by atoms with E-state index in [9.17, 15) is 4.79 Å². The fourth-order valence-electron chi connectivity index (χ4n) is 2.40. The quantitative estimate of drug-likeness (QED) is 0.878. The molecule has 0 saturated heterocycles. The van der Waals surface area contributed by atoms with E-state index >= 15 is 0 Å². The summed E-state index contributed by atoms with van der Waals surface area (Å²) in [5, 5.41) is 2.90. The summed E-state index contributed by atoms with van der Waals surface area (Å²) in [5.41, 5.74) is 2.02. The number of rotatable bonds is 4. The minimum absolute atomic E-state index is 0.0872. The zero-order chi connectivity index (χ0) is 14.7. The van der Waals surface area contributed by atoms with E-state index in [0.717, 1.165) is 23.6 Å². The summed E-state index contributed by atoms with van der Waals surface area (Å²) >= 11 is 0. The molecule has 2 aromatic rings. The molecule has 0 fully saturated rings. The lowest BCUT2D eigenvalue weighted by Crippen LogP contribution is -2.48. The number of imidazole rings is 1. The van der Waals surface area contributed by atoms with E-state index in [2.05, 4.69) is 15.3 Å². The van der Waals surface area contributed by atoms with Gasteiger partial charge < -0.3 is 19.9 Å². The van der Waals surface area contributed by atoms with Gasteiger partial charge in [-0.05, 0) is 12.1 Å². The predicted molar refractivity (Wildman–Crippen MR) is 79.4 cm³/mol. The average Bonchev–Trinajstić information content (AvgIpc) is 3.00. The predicted octanol–water partition coefficient (Wildman–Crippen LogP) is 0.966. The summed E-state index contributed by atoms with van der Waals surface area (Å²) in [6.45, 7) is 1.11. The molecule has 2 heterocycles. The highest BCUT2D eigenvalue weighted by Gasteiger charge is 2.28. The molecule has 0 radical (unpaired) electrons. The van der Waals surface area contributed by atoms with Crippen LogP contribution in [0, 0.1) is 0 Å². The molecule has 0 aliphatic carbocycles. The molecule has 1 aromatic carbocycles. The Kier molecular flexibility index (Phi) is 3.77. The monoisotopic (exact) mass is 286 g/mol. The molecule has 1 atom stereocenters. The van der Waals surface area contributed by atoms with Gasteiger partial charge in [0.15, 0.2) is 6.10 Å². The van der Waals surface area contributed by atoms with Crippen LogP contribution >= 0.6 is 0 Å². The number of anilines is 1. The van der Waals surface area contributed by atoms with Crippen LogP contribution in [-0.4, -0.2) is 42.1 Å². The first kappa shape index (κ1) is 13.5. The molecule has 0 saturated carbocycles. The van der Waals surface area contributed by atoms with Crippen LogP contribution in [0.5, 0.6) is 5.75 Å². The maximum absolute atomic E-state index is 12.2. The number of hydrogen-bond acceptors (Lipinski definition) is 4. The van der Waals surface area contributed by atoms with Crippen LogP contribution in [0.1, 0.15) is 5.69 Å². The Morgan fingerprint density at radius 3 is 3.19 bits per heavy atom. The third-order valence-electron chi connectivity index (χ3n) is 3.53. The van der Waals surface area contributed by atoms with E-state index < -0.39 is 6.10 Å². The first-order valence-electron chi connectivity index (χ1n) is 6.96. The Hall–Kier alpha value is -2.50. The van der Waals surface area contributed by atoms with Crippen LogP contribution < -0.4 is 15.0 Å². The van der Waals surface area contributed by atoms with Gasteiger partial charge in [0.25, 0.3) is 5.91 Å². The molecule has 0 unspecified atom stereocenters. The number of para-hydroxylation sites is 2. The number of aromatic amines is 1. The van der Waals surface area contributed by atoms with E-state index in [1.165, 1.54) is 0 Å². The van der Waals surface area contributed by atoms with E-state index in [1.807, 2.05) is 36.2 Å². The number of carbonyl (C=O) groups is 1. The van der Waals surface area contributed by atoms with Gasteiger partial charge in [0, 0.05) is 31.9 Å². The standard InChI is InChI=1S/C15H18N4O2/c1-19-9-14(21-13-5-3-2-4-12(13)19)15(20)17-7-6-11-8-16-10-18-11/h2-5,8,10,14H,6-7,9H2,1H3,(H,16,18)(H,17,20)/t14-/m0/s1. The SMILES string of the molecule is CN1C[C@@H](C(=O)NCCc2cnc[nH]2)Oc2ccccc21. The molecule has 21 heavy (non-hydrogen) atoms. The molecular formula is C15H18N4O2. The number of nitrogens with zero attached hydrogens (tertiary/aromatic N) is 2. The largest absolute Gasteiger partial charge is 0.477 e. The Balaban J connectivity index is 1.56. The molecule has 6 heteroatoms. The van der Waals surface area contributed by atoms with Crippen LogP contribution in [0.15, 0.2) is 36.8 Å². The lowest BCUT2D eigenvalue weighted by molar-refractivity contribution is -0.127. The summed E-state index contributed by atoms with van der Waals surface area (Å²) in [6.07, 6.45) is 3.64. The second-order valence-electron chi connectivity index (χ2n) is 5.07. The smallest absolute Gasteiger partial charge is 0.262 e. The van der Waals surface area contributed by atoms with Gasteiger partial charge in [-0.25, -0.2) is 4.98 Å². The van der Waals surface area contributed by atoms with Gasteiger partial charge in [0.2, 0.25) is 0 Å². The molecule has 1 amide bonds. The first-order valence-corrected chi connectivity index (χ1v) is 6.96. The number of fused-ring (bicyclic) bond motifs is 1. The molecule has 2 N–H and O–H groups in total. The van der Waals surface area contributed by atoms with Crippen molar-refractivity contribution >= 4 is 11.6 Å². The van der Waals surface area contributed by atoms with Crippen LogP contribution in [0.2, 0.25) is 0 Å². The van der Waals surface area contributed by atoms with Crippen LogP contribution in [-0.2, 0) is 11.2 Å². The second-order valence-corrected chi connectivity index (χ2v) is 5.07. The van der Waals surface area contributed by atoms with Gasteiger partial charge in [-0.15, -0.1) is 0 Å². The number of benzene rings is 1. The maximum atomic E-state index is 12.2. The van der Waals surface area contributed by atoms with Crippen LogP contribution in [0.4, 0.5) is 5.69 Å². The van der Waals surface area contributed by atoms with Gasteiger partial charge in [0.1, 0.15) is 5.75 Å². The molecule has 0 spiro atoms. The van der Waals surface area contributed by atoms with E-state index in [-0.39, 0.29) is 5.91 Å². The fraction of sp³-hybridized carbons (Fsp3) is 0.333. The van der Waals surface area contributed by atoms with Gasteiger partial charge >= 0.3 is 0 Å². The van der Waals surface area contributed by atoms with Crippen molar-refractivity contribution in [3.8, 4) is 5.75 Å². The summed E-state index contributed by atoms with van der Waals surface area (Å²) in [5.74, 6) is 0.663. The van der Waals surface area contributed by atoms with E-state index in [1.54, 1.807) is 12.5 Å². The second kappa shape index (κ2) is 5.87. The third-order valence-corrected chi connectivity index (χ3v) is 3.53. The van der Waals surface area contributed by atoms with Gasteiger partial charge in [-0.3, -0.25) is 4.79 Å². The molecule has 1 aromatic heterocycles. The molecule has 6 nitrogen and oxygen atoms in total. The van der Waals surface area contributed by atoms with E-state index in [4.69, 9.17) is 4.74 Å².